The van der Waals surface area contributed by atoms with E-state index in [-0.39, 0.29) is 21.1 Å². The van der Waals surface area contributed by atoms with E-state index in [0.717, 1.165) is 0 Å². The third kappa shape index (κ3) is 5.14. The predicted octanol–water partition coefficient (Wildman–Crippen LogP) is 1.15. The van der Waals surface area contributed by atoms with E-state index >= 15 is 0 Å². The molecule has 0 aliphatic carbocycles. The van der Waals surface area contributed by atoms with Crippen molar-refractivity contribution < 1.29 is 34.6 Å². The van der Waals surface area contributed by atoms with Crippen LogP contribution in [-0.4, -0.2) is 21.3 Å². The summed E-state index contributed by atoms with van der Waals surface area (Å²) in [7, 11) is 3.57. The molecule has 0 aromatic rings. The second kappa shape index (κ2) is 8.00. The Balaban J connectivity index is 0. The van der Waals surface area contributed by atoms with Gasteiger partial charge in [0, 0.05) is 42.4 Å². The van der Waals surface area contributed by atoms with Gasteiger partial charge in [-0.15, -0.1) is 0 Å². The molecule has 0 amide bonds. The van der Waals surface area contributed by atoms with E-state index in [9.17, 15) is 0 Å². The number of rotatable bonds is 3. The maximum Gasteiger partial charge on any atom is 0.331 e. The van der Waals surface area contributed by atoms with Gasteiger partial charge in [-0.25, -0.2) is 0 Å². The van der Waals surface area contributed by atoms with Crippen molar-refractivity contribution >= 4 is 8.60 Å². The number of hydrogen-bond donors (Lipinski definition) is 0. The van der Waals surface area contributed by atoms with Crippen LogP contribution in [0.3, 0.4) is 0 Å². The average molecular weight is 319 g/mol. The quantitative estimate of drug-likeness (QED) is 0.731. The largest absolute Gasteiger partial charge is 0.331 e. The molecule has 0 N–H and O–H groups in total. The zero-order valence-electron chi connectivity index (χ0n) is 4.99. The molecule has 54 valence electrons. The molecule has 0 rings (SSSR count). The van der Waals surface area contributed by atoms with Crippen LogP contribution in [0, 0.1) is 0 Å². The first-order chi connectivity index (χ1) is 3.35. The fourth-order valence-corrected chi connectivity index (χ4v) is 0.671. The summed E-state index contributed by atoms with van der Waals surface area (Å²) in [6, 6.07) is 0. The third-order valence-electron chi connectivity index (χ3n) is 0.447. The van der Waals surface area contributed by atoms with Crippen LogP contribution >= 0.6 is 8.60 Å². The summed E-state index contributed by atoms with van der Waals surface area (Å²) in [5, 5.41) is 0. The van der Waals surface area contributed by atoms with Crippen LogP contribution in [0.5, 0.6) is 0 Å². The molecule has 0 aliphatic heterocycles. The maximum atomic E-state index is 4.67. The summed E-state index contributed by atoms with van der Waals surface area (Å²) in [5.41, 5.74) is 0. The van der Waals surface area contributed by atoms with Gasteiger partial charge < -0.3 is 13.6 Å². The normalized spacial score (nSPS) is 9.00. The van der Waals surface area contributed by atoms with Crippen molar-refractivity contribution in [3.8, 4) is 0 Å². The SMILES string of the molecule is COP(OC)OC.[Pt]. The Morgan fingerprint density at radius 3 is 1.12 bits per heavy atom. The van der Waals surface area contributed by atoms with Crippen LogP contribution in [0.1, 0.15) is 0 Å². The van der Waals surface area contributed by atoms with Crippen molar-refractivity contribution in [1.29, 1.82) is 0 Å². The fraction of sp³-hybridized carbons (Fsp3) is 1.00. The van der Waals surface area contributed by atoms with Crippen molar-refractivity contribution in [2.45, 2.75) is 0 Å². The first-order valence-electron chi connectivity index (χ1n) is 1.77. The standard InChI is InChI=1S/C3H9O3P.Pt/c1-4-7(5-2)6-3;/h1-3H3;. The summed E-state index contributed by atoms with van der Waals surface area (Å²) in [6.45, 7) is 0. The topological polar surface area (TPSA) is 27.7 Å². The van der Waals surface area contributed by atoms with Gasteiger partial charge in [-0.05, 0) is 0 Å². The molecular formula is C3H9O3PPt. The molecule has 0 radical (unpaired) electrons. The van der Waals surface area contributed by atoms with E-state index in [1.54, 1.807) is 21.3 Å². The molecule has 0 spiro atoms. The molecule has 0 aliphatic rings. The van der Waals surface area contributed by atoms with Gasteiger partial charge in [0.1, 0.15) is 0 Å². The average Bonchev–Trinajstić information content (AvgIpc) is 1.72. The molecule has 0 aromatic heterocycles. The Labute approximate surface area is 65.0 Å². The van der Waals surface area contributed by atoms with Crippen LogP contribution < -0.4 is 0 Å². The van der Waals surface area contributed by atoms with Crippen LogP contribution in [0.2, 0.25) is 0 Å². The van der Waals surface area contributed by atoms with E-state index in [4.69, 9.17) is 0 Å². The molecule has 0 heterocycles. The Hall–Kier alpha value is 0.998. The van der Waals surface area contributed by atoms with Gasteiger partial charge in [0.15, 0.2) is 0 Å². The summed E-state index contributed by atoms with van der Waals surface area (Å²) in [5.74, 6) is 0. The minimum absolute atomic E-state index is 0. The van der Waals surface area contributed by atoms with Gasteiger partial charge in [0.05, 0.1) is 0 Å². The Morgan fingerprint density at radius 2 is 1.12 bits per heavy atom. The molecule has 0 bridgehead atoms. The summed E-state index contributed by atoms with van der Waals surface area (Å²) >= 11 is 0. The third-order valence-corrected chi connectivity index (χ3v) is 1.34. The molecular weight excluding hydrogens is 310 g/mol. The molecule has 0 saturated carbocycles. The van der Waals surface area contributed by atoms with E-state index in [1.165, 1.54) is 0 Å². The van der Waals surface area contributed by atoms with E-state index in [0.29, 0.717) is 0 Å². The van der Waals surface area contributed by atoms with Gasteiger partial charge in [-0.3, -0.25) is 0 Å². The molecule has 0 atom stereocenters. The molecule has 3 nitrogen and oxygen atoms in total. The van der Waals surface area contributed by atoms with Gasteiger partial charge in [0.2, 0.25) is 0 Å². The smallest absolute Gasteiger partial charge is 0.316 e. The minimum atomic E-state index is -1.05. The van der Waals surface area contributed by atoms with Gasteiger partial charge in [0.25, 0.3) is 0 Å². The van der Waals surface area contributed by atoms with E-state index in [2.05, 4.69) is 13.6 Å². The van der Waals surface area contributed by atoms with Crippen molar-refractivity contribution in [2.75, 3.05) is 21.3 Å². The molecule has 0 fully saturated rings. The van der Waals surface area contributed by atoms with Crippen LogP contribution in [0.15, 0.2) is 0 Å². The summed E-state index contributed by atoms with van der Waals surface area (Å²) < 4.78 is 14.0. The second-order valence-corrected chi connectivity index (χ2v) is 2.31. The molecule has 0 saturated heterocycles. The maximum absolute atomic E-state index is 4.67. The van der Waals surface area contributed by atoms with Crippen LogP contribution in [-0.2, 0) is 34.6 Å². The Bertz CT molecular complexity index is 36.0. The van der Waals surface area contributed by atoms with Crippen molar-refractivity contribution in [3.63, 3.8) is 0 Å². The van der Waals surface area contributed by atoms with Crippen LogP contribution in [0.4, 0.5) is 0 Å². The monoisotopic (exact) mass is 319 g/mol. The van der Waals surface area contributed by atoms with Crippen molar-refractivity contribution in [1.82, 2.24) is 0 Å². The van der Waals surface area contributed by atoms with E-state index < -0.39 is 8.60 Å². The van der Waals surface area contributed by atoms with Crippen LogP contribution in [0.25, 0.3) is 0 Å². The van der Waals surface area contributed by atoms with Crippen molar-refractivity contribution in [2.24, 2.45) is 0 Å². The van der Waals surface area contributed by atoms with Gasteiger partial charge in [-0.2, -0.15) is 0 Å². The minimum Gasteiger partial charge on any atom is -0.316 e. The molecule has 0 unspecified atom stereocenters. The summed E-state index contributed by atoms with van der Waals surface area (Å²) in [4.78, 5) is 0. The summed E-state index contributed by atoms with van der Waals surface area (Å²) in [6.07, 6.45) is 0. The fourth-order valence-electron chi connectivity index (χ4n) is 0.224. The van der Waals surface area contributed by atoms with Gasteiger partial charge >= 0.3 is 8.60 Å². The Kier molecular flexibility index (Phi) is 11.8. The van der Waals surface area contributed by atoms with E-state index in [1.807, 2.05) is 0 Å². The Morgan fingerprint density at radius 1 is 0.875 bits per heavy atom. The molecule has 8 heavy (non-hydrogen) atoms. The zero-order valence-corrected chi connectivity index (χ0v) is 8.15. The second-order valence-electron chi connectivity index (χ2n) is 0.771. The predicted molar refractivity (Wildman–Crippen MR) is 27.9 cm³/mol. The molecule has 5 heteroatoms. The number of hydrogen-bond acceptors (Lipinski definition) is 3. The zero-order chi connectivity index (χ0) is 5.70. The molecule has 0 aromatic carbocycles. The van der Waals surface area contributed by atoms with Gasteiger partial charge in [-0.1, -0.05) is 0 Å². The van der Waals surface area contributed by atoms with Crippen molar-refractivity contribution in [3.05, 3.63) is 0 Å². The first-order valence-corrected chi connectivity index (χ1v) is 2.87. The first kappa shape index (κ1) is 11.8.